The molecular formula is C15H18FN5O. The summed E-state index contributed by atoms with van der Waals surface area (Å²) in [6.45, 7) is 1.63. The molecule has 116 valence electrons. The molecule has 1 saturated heterocycles. The van der Waals surface area contributed by atoms with E-state index in [-0.39, 0.29) is 17.8 Å². The molecule has 1 amide bonds. The number of hydrogen-bond acceptors (Lipinski definition) is 4. The van der Waals surface area contributed by atoms with Crippen LogP contribution in [0.25, 0.3) is 0 Å². The van der Waals surface area contributed by atoms with Crippen LogP contribution in [0, 0.1) is 5.82 Å². The average molecular weight is 303 g/mol. The fourth-order valence-corrected chi connectivity index (χ4v) is 2.72. The maximum absolute atomic E-state index is 13.0. The van der Waals surface area contributed by atoms with Crippen LogP contribution in [0.3, 0.4) is 0 Å². The van der Waals surface area contributed by atoms with Gasteiger partial charge in [-0.15, -0.1) is 0 Å². The van der Waals surface area contributed by atoms with Crippen molar-refractivity contribution in [1.82, 2.24) is 20.1 Å². The molecular weight excluding hydrogens is 285 g/mol. The number of nitrogens with one attached hydrogen (secondary N) is 1. The van der Waals surface area contributed by atoms with Crippen molar-refractivity contribution in [2.45, 2.75) is 18.9 Å². The fraction of sp³-hybridized carbons (Fsp3) is 0.400. The van der Waals surface area contributed by atoms with Gasteiger partial charge >= 0.3 is 0 Å². The van der Waals surface area contributed by atoms with Gasteiger partial charge in [0.05, 0.1) is 12.2 Å². The lowest BCUT2D eigenvalue weighted by atomic mass is 10.1. The maximum atomic E-state index is 13.0. The molecule has 3 heterocycles. The predicted octanol–water partition coefficient (Wildman–Crippen LogP) is 1.62. The van der Waals surface area contributed by atoms with E-state index in [0.29, 0.717) is 5.69 Å². The molecule has 2 aromatic rings. The number of rotatable bonds is 3. The second-order valence-electron chi connectivity index (χ2n) is 5.34. The van der Waals surface area contributed by atoms with Crippen molar-refractivity contribution < 1.29 is 9.18 Å². The van der Waals surface area contributed by atoms with Crippen molar-refractivity contribution >= 4 is 11.7 Å². The second kappa shape index (κ2) is 6.13. The molecule has 0 aromatic carbocycles. The number of halogens is 1. The Morgan fingerprint density at radius 1 is 1.41 bits per heavy atom. The van der Waals surface area contributed by atoms with E-state index in [1.807, 2.05) is 10.9 Å². The zero-order valence-electron chi connectivity index (χ0n) is 12.4. The Balaban J connectivity index is 1.74. The standard InChI is InChI=1S/C15H18FN5O/c1-17-15(22)13-6-8-21(19-13)12-3-2-7-20(10-12)14-5-4-11(16)9-18-14/h4-6,8-9,12H,2-3,7,10H2,1H3,(H,17,22)/t12-/m0/s1. The van der Waals surface area contributed by atoms with Gasteiger partial charge in [0.2, 0.25) is 0 Å². The van der Waals surface area contributed by atoms with Crippen LogP contribution in [-0.4, -0.2) is 40.8 Å². The molecule has 1 aliphatic heterocycles. The van der Waals surface area contributed by atoms with E-state index >= 15 is 0 Å². The second-order valence-corrected chi connectivity index (χ2v) is 5.34. The third kappa shape index (κ3) is 2.93. The SMILES string of the molecule is CNC(=O)c1ccn([C@H]2CCCN(c3ccc(F)cn3)C2)n1. The number of hydrogen-bond donors (Lipinski definition) is 1. The largest absolute Gasteiger partial charge is 0.354 e. The number of carbonyl (C=O) groups is 1. The highest BCUT2D eigenvalue weighted by Gasteiger charge is 2.23. The molecule has 7 heteroatoms. The molecule has 1 fully saturated rings. The van der Waals surface area contributed by atoms with E-state index in [1.165, 1.54) is 12.3 Å². The summed E-state index contributed by atoms with van der Waals surface area (Å²) in [5.41, 5.74) is 0.416. The van der Waals surface area contributed by atoms with E-state index in [1.54, 1.807) is 19.2 Å². The van der Waals surface area contributed by atoms with Gasteiger partial charge in [-0.05, 0) is 31.0 Å². The van der Waals surface area contributed by atoms with Crippen LogP contribution < -0.4 is 10.2 Å². The molecule has 0 unspecified atom stereocenters. The van der Waals surface area contributed by atoms with Gasteiger partial charge in [-0.3, -0.25) is 9.48 Å². The number of carbonyl (C=O) groups excluding carboxylic acids is 1. The first kappa shape index (κ1) is 14.5. The Morgan fingerprint density at radius 3 is 3.00 bits per heavy atom. The highest BCUT2D eigenvalue weighted by atomic mass is 19.1. The van der Waals surface area contributed by atoms with Crippen LogP contribution in [0.1, 0.15) is 29.4 Å². The highest BCUT2D eigenvalue weighted by molar-refractivity contribution is 5.91. The minimum absolute atomic E-state index is 0.180. The minimum Gasteiger partial charge on any atom is -0.354 e. The van der Waals surface area contributed by atoms with Gasteiger partial charge in [0.1, 0.15) is 17.3 Å². The third-order valence-electron chi connectivity index (χ3n) is 3.87. The summed E-state index contributed by atoms with van der Waals surface area (Å²) < 4.78 is 14.8. The van der Waals surface area contributed by atoms with Crippen LogP contribution in [0.2, 0.25) is 0 Å². The predicted molar refractivity (Wildman–Crippen MR) is 80.3 cm³/mol. The van der Waals surface area contributed by atoms with Crippen molar-refractivity contribution in [3.05, 3.63) is 42.1 Å². The molecule has 2 aromatic heterocycles. The molecule has 1 atom stereocenters. The monoisotopic (exact) mass is 303 g/mol. The Labute approximate surface area is 128 Å². The van der Waals surface area contributed by atoms with E-state index in [4.69, 9.17) is 0 Å². The molecule has 0 aliphatic carbocycles. The number of piperidine rings is 1. The molecule has 0 spiro atoms. The number of nitrogens with zero attached hydrogens (tertiary/aromatic N) is 4. The third-order valence-corrected chi connectivity index (χ3v) is 3.87. The normalized spacial score (nSPS) is 18.3. The molecule has 0 bridgehead atoms. The van der Waals surface area contributed by atoms with Crippen LogP contribution in [-0.2, 0) is 0 Å². The Kier molecular flexibility index (Phi) is 4.04. The lowest BCUT2D eigenvalue weighted by Gasteiger charge is -2.33. The molecule has 0 saturated carbocycles. The summed E-state index contributed by atoms with van der Waals surface area (Å²) in [4.78, 5) is 17.8. The van der Waals surface area contributed by atoms with Gasteiger partial charge in [-0.25, -0.2) is 9.37 Å². The van der Waals surface area contributed by atoms with E-state index < -0.39 is 0 Å². The Bertz CT molecular complexity index is 654. The van der Waals surface area contributed by atoms with Crippen molar-refractivity contribution in [3.8, 4) is 0 Å². The average Bonchev–Trinajstić information content (AvgIpc) is 3.05. The van der Waals surface area contributed by atoms with Gasteiger partial charge < -0.3 is 10.2 Å². The zero-order chi connectivity index (χ0) is 15.5. The topological polar surface area (TPSA) is 63.1 Å². The number of amides is 1. The van der Waals surface area contributed by atoms with Crippen molar-refractivity contribution in [1.29, 1.82) is 0 Å². The van der Waals surface area contributed by atoms with Crippen molar-refractivity contribution in [2.75, 3.05) is 25.0 Å². The molecule has 1 aliphatic rings. The molecule has 1 N–H and O–H groups in total. The van der Waals surface area contributed by atoms with Crippen LogP contribution in [0.5, 0.6) is 0 Å². The van der Waals surface area contributed by atoms with E-state index in [0.717, 1.165) is 31.7 Å². The highest BCUT2D eigenvalue weighted by Crippen LogP contribution is 2.24. The molecule has 6 nitrogen and oxygen atoms in total. The summed E-state index contributed by atoms with van der Waals surface area (Å²) in [7, 11) is 1.59. The fourth-order valence-electron chi connectivity index (χ4n) is 2.72. The van der Waals surface area contributed by atoms with Crippen LogP contribution in [0.15, 0.2) is 30.6 Å². The molecule has 0 radical (unpaired) electrons. The van der Waals surface area contributed by atoms with Gasteiger partial charge in [-0.2, -0.15) is 5.10 Å². The van der Waals surface area contributed by atoms with E-state index in [9.17, 15) is 9.18 Å². The zero-order valence-corrected chi connectivity index (χ0v) is 12.4. The first-order valence-corrected chi connectivity index (χ1v) is 7.31. The van der Waals surface area contributed by atoms with E-state index in [2.05, 4.69) is 20.3 Å². The van der Waals surface area contributed by atoms with Crippen LogP contribution in [0.4, 0.5) is 10.2 Å². The molecule has 3 rings (SSSR count). The number of aromatic nitrogens is 3. The maximum Gasteiger partial charge on any atom is 0.271 e. The first-order valence-electron chi connectivity index (χ1n) is 7.31. The van der Waals surface area contributed by atoms with Gasteiger partial charge in [0.25, 0.3) is 5.91 Å². The molecule has 22 heavy (non-hydrogen) atoms. The Hall–Kier alpha value is -2.44. The lowest BCUT2D eigenvalue weighted by molar-refractivity contribution is 0.0957. The quantitative estimate of drug-likeness (QED) is 0.936. The summed E-state index contributed by atoms with van der Waals surface area (Å²) in [5.74, 6) is 0.246. The van der Waals surface area contributed by atoms with Gasteiger partial charge in [0, 0.05) is 26.3 Å². The first-order chi connectivity index (χ1) is 10.7. The summed E-state index contributed by atoms with van der Waals surface area (Å²) >= 11 is 0. The van der Waals surface area contributed by atoms with Gasteiger partial charge in [-0.1, -0.05) is 0 Å². The summed E-state index contributed by atoms with van der Waals surface area (Å²) in [5, 5.41) is 6.91. The smallest absolute Gasteiger partial charge is 0.271 e. The lowest BCUT2D eigenvalue weighted by Crippen LogP contribution is -2.37. The minimum atomic E-state index is -0.334. The van der Waals surface area contributed by atoms with Crippen molar-refractivity contribution in [2.24, 2.45) is 0 Å². The number of pyridine rings is 1. The van der Waals surface area contributed by atoms with Gasteiger partial charge in [0.15, 0.2) is 0 Å². The van der Waals surface area contributed by atoms with Crippen LogP contribution >= 0.6 is 0 Å². The van der Waals surface area contributed by atoms with Crippen molar-refractivity contribution in [3.63, 3.8) is 0 Å². The summed E-state index contributed by atoms with van der Waals surface area (Å²) in [6, 6.07) is 5.01. The number of anilines is 1. The summed E-state index contributed by atoms with van der Waals surface area (Å²) in [6.07, 6.45) is 5.05. The Morgan fingerprint density at radius 2 is 2.27 bits per heavy atom.